The molecule has 1 atom stereocenters. The molecule has 0 aromatic heterocycles. The molecule has 0 bridgehead atoms. The van der Waals surface area contributed by atoms with Gasteiger partial charge in [0.25, 0.3) is 0 Å². The average Bonchev–Trinajstić information content (AvgIpc) is 2.36. The van der Waals surface area contributed by atoms with Crippen LogP contribution in [0.5, 0.6) is 5.75 Å². The lowest BCUT2D eigenvalue weighted by molar-refractivity contribution is 0.363. The second-order valence-electron chi connectivity index (χ2n) is 4.42. The smallest absolute Gasteiger partial charge is 0.170 e. The number of hydrogen-bond acceptors (Lipinski definition) is 2. The SMILES string of the molecule is C=CCOc1cccc(NC(=S)N[C@H](C)CCC)c1. The summed E-state index contributed by atoms with van der Waals surface area (Å²) in [6.07, 6.45) is 3.96. The molecule has 104 valence electrons. The fraction of sp³-hybridized carbons (Fsp3) is 0.400. The van der Waals surface area contributed by atoms with Gasteiger partial charge in [-0.2, -0.15) is 0 Å². The third kappa shape index (κ3) is 6.25. The average molecular weight is 278 g/mol. The van der Waals surface area contributed by atoms with Gasteiger partial charge >= 0.3 is 0 Å². The molecule has 4 heteroatoms. The van der Waals surface area contributed by atoms with Crippen LogP contribution in [0.25, 0.3) is 0 Å². The summed E-state index contributed by atoms with van der Waals surface area (Å²) in [5, 5.41) is 7.06. The van der Waals surface area contributed by atoms with Crippen LogP contribution in [0.1, 0.15) is 26.7 Å². The molecule has 0 saturated heterocycles. The predicted octanol–water partition coefficient (Wildman–Crippen LogP) is 3.73. The van der Waals surface area contributed by atoms with Crippen LogP contribution in [0, 0.1) is 0 Å². The van der Waals surface area contributed by atoms with E-state index < -0.39 is 0 Å². The van der Waals surface area contributed by atoms with Crippen molar-refractivity contribution >= 4 is 23.0 Å². The molecule has 1 aromatic carbocycles. The lowest BCUT2D eigenvalue weighted by Gasteiger charge is -2.16. The normalized spacial score (nSPS) is 11.5. The maximum Gasteiger partial charge on any atom is 0.170 e. The van der Waals surface area contributed by atoms with Crippen molar-refractivity contribution in [2.75, 3.05) is 11.9 Å². The summed E-state index contributed by atoms with van der Waals surface area (Å²) in [6, 6.07) is 8.09. The van der Waals surface area contributed by atoms with E-state index in [1.165, 1.54) is 0 Å². The standard InChI is InChI=1S/C15H22N2OS/c1-4-7-12(3)16-15(19)17-13-8-6-9-14(11-13)18-10-5-2/h5-6,8-9,11-12H,2,4,7,10H2,1,3H3,(H2,16,17,19)/t12-/m1/s1. The van der Waals surface area contributed by atoms with Gasteiger partial charge in [0, 0.05) is 17.8 Å². The Morgan fingerprint density at radius 3 is 3.00 bits per heavy atom. The molecule has 0 radical (unpaired) electrons. The van der Waals surface area contributed by atoms with E-state index in [9.17, 15) is 0 Å². The molecule has 19 heavy (non-hydrogen) atoms. The van der Waals surface area contributed by atoms with Crippen LogP contribution >= 0.6 is 12.2 Å². The molecule has 0 amide bonds. The Morgan fingerprint density at radius 2 is 2.32 bits per heavy atom. The van der Waals surface area contributed by atoms with Gasteiger partial charge in [-0.1, -0.05) is 32.1 Å². The maximum absolute atomic E-state index is 5.48. The Morgan fingerprint density at radius 1 is 1.53 bits per heavy atom. The Hall–Kier alpha value is -1.55. The van der Waals surface area contributed by atoms with Crippen LogP contribution in [0.2, 0.25) is 0 Å². The van der Waals surface area contributed by atoms with Gasteiger partial charge in [0.2, 0.25) is 0 Å². The Kier molecular flexibility index (Phi) is 6.97. The lowest BCUT2D eigenvalue weighted by atomic mass is 10.2. The van der Waals surface area contributed by atoms with Crippen LogP contribution < -0.4 is 15.4 Å². The number of nitrogens with one attached hydrogen (secondary N) is 2. The highest BCUT2D eigenvalue weighted by Gasteiger charge is 2.03. The lowest BCUT2D eigenvalue weighted by Crippen LogP contribution is -2.35. The summed E-state index contributed by atoms with van der Waals surface area (Å²) in [7, 11) is 0. The fourth-order valence-corrected chi connectivity index (χ4v) is 2.03. The summed E-state index contributed by atoms with van der Waals surface area (Å²) < 4.78 is 5.48. The zero-order valence-electron chi connectivity index (χ0n) is 11.6. The molecular formula is C15H22N2OS. The van der Waals surface area contributed by atoms with Gasteiger partial charge in [-0.05, 0) is 37.7 Å². The third-order valence-electron chi connectivity index (χ3n) is 2.56. The first-order valence-corrected chi connectivity index (χ1v) is 6.97. The quantitative estimate of drug-likeness (QED) is 0.588. The summed E-state index contributed by atoms with van der Waals surface area (Å²) in [5.41, 5.74) is 0.919. The number of anilines is 1. The fourth-order valence-electron chi connectivity index (χ4n) is 1.71. The van der Waals surface area contributed by atoms with E-state index >= 15 is 0 Å². The first kappa shape index (κ1) is 15.5. The molecule has 1 rings (SSSR count). The number of benzene rings is 1. The van der Waals surface area contributed by atoms with Crippen molar-refractivity contribution in [2.24, 2.45) is 0 Å². The van der Waals surface area contributed by atoms with Crippen molar-refractivity contribution in [1.29, 1.82) is 0 Å². The van der Waals surface area contributed by atoms with Gasteiger partial charge in [-0.15, -0.1) is 0 Å². The van der Waals surface area contributed by atoms with Crippen molar-refractivity contribution in [3.63, 3.8) is 0 Å². The monoisotopic (exact) mass is 278 g/mol. The highest BCUT2D eigenvalue weighted by molar-refractivity contribution is 7.80. The topological polar surface area (TPSA) is 33.3 Å². The van der Waals surface area contributed by atoms with Crippen LogP contribution in [-0.4, -0.2) is 17.8 Å². The van der Waals surface area contributed by atoms with Gasteiger partial charge in [-0.3, -0.25) is 0 Å². The van der Waals surface area contributed by atoms with Gasteiger partial charge in [0.05, 0.1) is 0 Å². The Balaban J connectivity index is 2.51. The molecule has 0 aliphatic carbocycles. The third-order valence-corrected chi connectivity index (χ3v) is 2.78. The van der Waals surface area contributed by atoms with Gasteiger partial charge in [0.15, 0.2) is 5.11 Å². The minimum atomic E-state index is 0.380. The van der Waals surface area contributed by atoms with E-state index in [2.05, 4.69) is 31.1 Å². The molecule has 0 fully saturated rings. The summed E-state index contributed by atoms with van der Waals surface area (Å²) >= 11 is 5.28. The molecule has 0 unspecified atom stereocenters. The molecule has 2 N–H and O–H groups in total. The molecule has 3 nitrogen and oxygen atoms in total. The molecule has 1 aromatic rings. The largest absolute Gasteiger partial charge is 0.489 e. The number of rotatable bonds is 7. The van der Waals surface area contributed by atoms with Gasteiger partial charge in [0.1, 0.15) is 12.4 Å². The van der Waals surface area contributed by atoms with Crippen molar-refractivity contribution in [2.45, 2.75) is 32.7 Å². The summed E-state index contributed by atoms with van der Waals surface area (Å²) in [5.74, 6) is 0.800. The van der Waals surface area contributed by atoms with E-state index in [0.29, 0.717) is 17.8 Å². The molecular weight excluding hydrogens is 256 g/mol. The number of hydrogen-bond donors (Lipinski definition) is 2. The minimum absolute atomic E-state index is 0.380. The van der Waals surface area contributed by atoms with E-state index in [1.807, 2.05) is 24.3 Å². The Labute approximate surface area is 121 Å². The van der Waals surface area contributed by atoms with Crippen molar-refractivity contribution in [3.8, 4) is 5.75 Å². The second-order valence-corrected chi connectivity index (χ2v) is 4.82. The summed E-state index contributed by atoms with van der Waals surface area (Å²) in [4.78, 5) is 0. The summed E-state index contributed by atoms with van der Waals surface area (Å²) in [6.45, 7) is 8.41. The maximum atomic E-state index is 5.48. The molecule has 0 aliphatic heterocycles. The van der Waals surface area contributed by atoms with E-state index in [-0.39, 0.29) is 0 Å². The van der Waals surface area contributed by atoms with E-state index in [0.717, 1.165) is 24.3 Å². The minimum Gasteiger partial charge on any atom is -0.489 e. The van der Waals surface area contributed by atoms with E-state index in [4.69, 9.17) is 17.0 Å². The highest BCUT2D eigenvalue weighted by Crippen LogP contribution is 2.17. The van der Waals surface area contributed by atoms with Crippen LogP contribution in [0.3, 0.4) is 0 Å². The molecule has 0 aliphatic rings. The van der Waals surface area contributed by atoms with E-state index in [1.54, 1.807) is 6.08 Å². The highest BCUT2D eigenvalue weighted by atomic mass is 32.1. The zero-order chi connectivity index (χ0) is 14.1. The molecule has 0 spiro atoms. The van der Waals surface area contributed by atoms with Crippen molar-refractivity contribution in [1.82, 2.24) is 5.32 Å². The van der Waals surface area contributed by atoms with Crippen LogP contribution in [0.4, 0.5) is 5.69 Å². The van der Waals surface area contributed by atoms with Crippen LogP contribution in [-0.2, 0) is 0 Å². The van der Waals surface area contributed by atoms with Gasteiger partial charge < -0.3 is 15.4 Å². The van der Waals surface area contributed by atoms with Gasteiger partial charge in [-0.25, -0.2) is 0 Å². The number of thiocarbonyl (C=S) groups is 1. The predicted molar refractivity (Wildman–Crippen MR) is 85.9 cm³/mol. The zero-order valence-corrected chi connectivity index (χ0v) is 12.4. The van der Waals surface area contributed by atoms with Crippen molar-refractivity contribution < 1.29 is 4.74 Å². The molecule has 0 saturated carbocycles. The first-order valence-electron chi connectivity index (χ1n) is 6.57. The second kappa shape index (κ2) is 8.53. The van der Waals surface area contributed by atoms with Crippen LogP contribution in [0.15, 0.2) is 36.9 Å². The Bertz CT molecular complexity index is 420. The van der Waals surface area contributed by atoms with Crippen molar-refractivity contribution in [3.05, 3.63) is 36.9 Å². The molecule has 0 heterocycles. The first-order chi connectivity index (χ1) is 9.15. The number of ether oxygens (including phenoxy) is 1.